The topological polar surface area (TPSA) is 53.9 Å². The molecule has 0 amide bonds. The van der Waals surface area contributed by atoms with E-state index >= 15 is 0 Å². The van der Waals surface area contributed by atoms with Gasteiger partial charge in [0.05, 0.1) is 0 Å². The number of aryl methyl sites for hydroxylation is 1. The second-order valence-corrected chi connectivity index (χ2v) is 6.66. The molecule has 0 aliphatic heterocycles. The number of aromatic nitrogens is 3. The maximum Gasteiger partial charge on any atom is 0.229 e. The number of nitrogens with zero attached hydrogens (tertiary/aromatic N) is 4. The van der Waals surface area contributed by atoms with E-state index in [9.17, 15) is 0 Å². The van der Waals surface area contributed by atoms with Gasteiger partial charge in [0.15, 0.2) is 0 Å². The number of likely N-dealkylation sites (N-methyl/N-ethyl adjacent to an activating group) is 1. The molecule has 0 radical (unpaired) electrons. The Morgan fingerprint density at radius 2 is 1.85 bits per heavy atom. The highest BCUT2D eigenvalue weighted by molar-refractivity contribution is 6.31. The summed E-state index contributed by atoms with van der Waals surface area (Å²) in [6.07, 6.45) is 4.57. The van der Waals surface area contributed by atoms with Crippen LogP contribution in [-0.4, -0.2) is 28.5 Å². The van der Waals surface area contributed by atoms with Crippen LogP contribution in [0.15, 0.2) is 48.8 Å². The number of hydrogen-bond donors (Lipinski definition) is 1. The Kier molecular flexibility index (Phi) is 5.68. The molecule has 0 aliphatic carbocycles. The van der Waals surface area contributed by atoms with Crippen LogP contribution in [0, 0.1) is 13.8 Å². The van der Waals surface area contributed by atoms with E-state index in [4.69, 9.17) is 11.6 Å². The predicted octanol–water partition coefficient (Wildman–Crippen LogP) is 4.56. The van der Waals surface area contributed by atoms with Crippen LogP contribution in [0.4, 0.5) is 17.5 Å². The molecule has 2 heterocycles. The van der Waals surface area contributed by atoms with Gasteiger partial charge in [-0.15, -0.1) is 0 Å². The standard InChI is InChI=1S/C20H22ClN5/c1-14-13-19(26(3)12-9-16-7-10-22-11-8-16)25-20(23-14)24-18-6-4-5-17(21)15(18)2/h4-8,10-11,13H,9,12H2,1-3H3,(H,23,24,25). The summed E-state index contributed by atoms with van der Waals surface area (Å²) in [6, 6.07) is 11.8. The first kappa shape index (κ1) is 18.1. The third-order valence-electron chi connectivity index (χ3n) is 4.23. The molecule has 0 spiro atoms. The Bertz CT molecular complexity index is 883. The molecule has 2 aromatic heterocycles. The van der Waals surface area contributed by atoms with Crippen LogP contribution in [0.1, 0.15) is 16.8 Å². The first-order valence-corrected chi connectivity index (χ1v) is 8.88. The molecule has 3 aromatic rings. The zero-order valence-corrected chi connectivity index (χ0v) is 16.0. The number of hydrogen-bond acceptors (Lipinski definition) is 5. The maximum atomic E-state index is 6.20. The lowest BCUT2D eigenvalue weighted by atomic mass is 10.2. The summed E-state index contributed by atoms with van der Waals surface area (Å²) in [7, 11) is 2.04. The highest BCUT2D eigenvalue weighted by atomic mass is 35.5. The van der Waals surface area contributed by atoms with Gasteiger partial charge in [-0.05, 0) is 55.7 Å². The van der Waals surface area contributed by atoms with Crippen molar-refractivity contribution in [3.8, 4) is 0 Å². The van der Waals surface area contributed by atoms with Gasteiger partial charge in [-0.1, -0.05) is 17.7 Å². The van der Waals surface area contributed by atoms with Crippen molar-refractivity contribution in [3.63, 3.8) is 0 Å². The summed E-state index contributed by atoms with van der Waals surface area (Å²) in [5, 5.41) is 4.00. The van der Waals surface area contributed by atoms with Crippen molar-refractivity contribution in [1.29, 1.82) is 0 Å². The third kappa shape index (κ3) is 4.49. The van der Waals surface area contributed by atoms with Crippen LogP contribution in [0.3, 0.4) is 0 Å². The molecule has 1 N–H and O–H groups in total. The van der Waals surface area contributed by atoms with E-state index < -0.39 is 0 Å². The van der Waals surface area contributed by atoms with Crippen molar-refractivity contribution in [2.24, 2.45) is 0 Å². The van der Waals surface area contributed by atoms with Crippen molar-refractivity contribution < 1.29 is 0 Å². The van der Waals surface area contributed by atoms with Crippen LogP contribution in [0.5, 0.6) is 0 Å². The van der Waals surface area contributed by atoms with Gasteiger partial charge >= 0.3 is 0 Å². The van der Waals surface area contributed by atoms with Gasteiger partial charge in [-0.2, -0.15) is 4.98 Å². The fourth-order valence-corrected chi connectivity index (χ4v) is 2.80. The van der Waals surface area contributed by atoms with E-state index in [1.165, 1.54) is 5.56 Å². The van der Waals surface area contributed by atoms with Gasteiger partial charge in [0.25, 0.3) is 0 Å². The molecule has 3 rings (SSSR count). The van der Waals surface area contributed by atoms with Gasteiger partial charge < -0.3 is 10.2 Å². The second kappa shape index (κ2) is 8.15. The summed E-state index contributed by atoms with van der Waals surface area (Å²) in [6.45, 7) is 4.80. The smallest absolute Gasteiger partial charge is 0.229 e. The lowest BCUT2D eigenvalue weighted by molar-refractivity contribution is 0.853. The van der Waals surface area contributed by atoms with Crippen LogP contribution in [0.25, 0.3) is 0 Å². The van der Waals surface area contributed by atoms with E-state index in [2.05, 4.69) is 25.2 Å². The minimum atomic E-state index is 0.570. The zero-order chi connectivity index (χ0) is 18.5. The summed E-state index contributed by atoms with van der Waals surface area (Å²) in [5.41, 5.74) is 4.05. The van der Waals surface area contributed by atoms with Crippen molar-refractivity contribution >= 4 is 29.1 Å². The molecule has 6 heteroatoms. The number of pyridine rings is 1. The van der Waals surface area contributed by atoms with Crippen LogP contribution in [-0.2, 0) is 6.42 Å². The molecule has 0 atom stereocenters. The number of rotatable bonds is 6. The molecule has 1 aromatic carbocycles. The molecule has 134 valence electrons. The minimum Gasteiger partial charge on any atom is -0.359 e. The maximum absolute atomic E-state index is 6.20. The van der Waals surface area contributed by atoms with Crippen molar-refractivity contribution in [2.45, 2.75) is 20.3 Å². The van der Waals surface area contributed by atoms with E-state index in [1.54, 1.807) is 0 Å². The van der Waals surface area contributed by atoms with Gasteiger partial charge in [0.2, 0.25) is 5.95 Å². The fraction of sp³-hybridized carbons (Fsp3) is 0.250. The second-order valence-electron chi connectivity index (χ2n) is 6.26. The molecule has 26 heavy (non-hydrogen) atoms. The monoisotopic (exact) mass is 367 g/mol. The van der Waals surface area contributed by atoms with E-state index in [-0.39, 0.29) is 0 Å². The van der Waals surface area contributed by atoms with Gasteiger partial charge in [0.1, 0.15) is 5.82 Å². The van der Waals surface area contributed by atoms with Crippen LogP contribution < -0.4 is 10.2 Å². The molecule has 0 saturated heterocycles. The first-order chi connectivity index (χ1) is 12.5. The third-order valence-corrected chi connectivity index (χ3v) is 4.64. The molecule has 0 fully saturated rings. The van der Waals surface area contributed by atoms with Crippen molar-refractivity contribution in [3.05, 3.63) is 70.6 Å². The normalized spacial score (nSPS) is 10.6. The molecule has 5 nitrogen and oxygen atoms in total. The van der Waals surface area contributed by atoms with Gasteiger partial charge in [0, 0.05) is 48.5 Å². The molecular weight excluding hydrogens is 346 g/mol. The van der Waals surface area contributed by atoms with E-state index in [0.29, 0.717) is 5.95 Å². The van der Waals surface area contributed by atoms with Gasteiger partial charge in [-0.25, -0.2) is 4.98 Å². The summed E-state index contributed by atoms with van der Waals surface area (Å²) in [4.78, 5) is 15.3. The molecule has 0 saturated carbocycles. The number of anilines is 3. The Hall–Kier alpha value is -2.66. The Balaban J connectivity index is 1.75. The lowest BCUT2D eigenvalue weighted by Crippen LogP contribution is -2.22. The Morgan fingerprint density at radius 3 is 2.62 bits per heavy atom. The molecule has 0 bridgehead atoms. The average molecular weight is 368 g/mol. The summed E-state index contributed by atoms with van der Waals surface area (Å²) < 4.78 is 0. The Morgan fingerprint density at radius 1 is 1.08 bits per heavy atom. The zero-order valence-electron chi connectivity index (χ0n) is 15.2. The summed E-state index contributed by atoms with van der Waals surface area (Å²) >= 11 is 6.20. The average Bonchev–Trinajstić information content (AvgIpc) is 2.64. The van der Waals surface area contributed by atoms with Crippen molar-refractivity contribution in [1.82, 2.24) is 15.0 Å². The summed E-state index contributed by atoms with van der Waals surface area (Å²) in [5.74, 6) is 1.45. The fourth-order valence-electron chi connectivity index (χ4n) is 2.63. The SMILES string of the molecule is Cc1cc(N(C)CCc2ccncc2)nc(Nc2cccc(Cl)c2C)n1. The predicted molar refractivity (Wildman–Crippen MR) is 107 cm³/mol. The Labute approximate surface area is 159 Å². The molecule has 0 aliphatic rings. The lowest BCUT2D eigenvalue weighted by Gasteiger charge is -2.19. The van der Waals surface area contributed by atoms with Crippen LogP contribution >= 0.6 is 11.6 Å². The quantitative estimate of drug-likeness (QED) is 0.691. The number of benzene rings is 1. The van der Waals surface area contributed by atoms with Crippen LogP contribution in [0.2, 0.25) is 5.02 Å². The number of halogens is 1. The van der Waals surface area contributed by atoms with Crippen molar-refractivity contribution in [2.75, 3.05) is 23.8 Å². The van der Waals surface area contributed by atoms with Gasteiger partial charge in [-0.3, -0.25) is 4.98 Å². The number of nitrogens with one attached hydrogen (secondary N) is 1. The first-order valence-electron chi connectivity index (χ1n) is 8.51. The highest BCUT2D eigenvalue weighted by Gasteiger charge is 2.09. The van der Waals surface area contributed by atoms with E-state index in [0.717, 1.165) is 40.8 Å². The highest BCUT2D eigenvalue weighted by Crippen LogP contribution is 2.25. The largest absolute Gasteiger partial charge is 0.359 e. The van der Waals surface area contributed by atoms with E-state index in [1.807, 2.05) is 69.7 Å². The molecular formula is C20H22ClN5. The minimum absolute atomic E-state index is 0.570. The molecule has 0 unspecified atom stereocenters.